The van der Waals surface area contributed by atoms with E-state index in [1.54, 1.807) is 5.38 Å². The van der Waals surface area contributed by atoms with Crippen LogP contribution in [0.15, 0.2) is 28.6 Å². The van der Waals surface area contributed by atoms with Crippen molar-refractivity contribution in [3.8, 4) is 0 Å². The average Bonchev–Trinajstić information content (AvgIpc) is 2.93. The predicted octanol–water partition coefficient (Wildman–Crippen LogP) is 1.28. The minimum absolute atomic E-state index is 0.0829. The van der Waals surface area contributed by atoms with Gasteiger partial charge in [-0.2, -0.15) is 0 Å². The van der Waals surface area contributed by atoms with Gasteiger partial charge in [-0.05, 0) is 18.6 Å². The monoisotopic (exact) mass is 327 g/mol. The highest BCUT2D eigenvalue weighted by Crippen LogP contribution is 2.12. The third-order valence-electron chi connectivity index (χ3n) is 2.61. The van der Waals surface area contributed by atoms with E-state index in [-0.39, 0.29) is 17.1 Å². The SMILES string of the molecule is CCc1nc(CNS(=O)(=O)c2ccc(C(=O)O)nc2)cs1. The maximum atomic E-state index is 12.0. The molecule has 112 valence electrons. The number of carboxylic acid groups (broad SMARTS) is 1. The van der Waals surface area contributed by atoms with Crippen molar-refractivity contribution >= 4 is 27.3 Å². The fourth-order valence-corrected chi connectivity index (χ4v) is 3.20. The lowest BCUT2D eigenvalue weighted by Crippen LogP contribution is -2.23. The van der Waals surface area contributed by atoms with Crippen LogP contribution in [0, 0.1) is 0 Å². The van der Waals surface area contributed by atoms with Crippen molar-refractivity contribution in [1.29, 1.82) is 0 Å². The normalized spacial score (nSPS) is 11.5. The van der Waals surface area contributed by atoms with Crippen LogP contribution in [0.3, 0.4) is 0 Å². The number of carbonyl (C=O) groups is 1. The molecule has 2 aromatic heterocycles. The molecule has 0 saturated carbocycles. The molecule has 2 rings (SSSR count). The van der Waals surface area contributed by atoms with E-state index < -0.39 is 16.0 Å². The second-order valence-electron chi connectivity index (χ2n) is 4.09. The fourth-order valence-electron chi connectivity index (χ4n) is 1.51. The predicted molar refractivity (Wildman–Crippen MR) is 76.7 cm³/mol. The van der Waals surface area contributed by atoms with Gasteiger partial charge >= 0.3 is 5.97 Å². The number of rotatable bonds is 6. The molecule has 9 heteroatoms. The van der Waals surface area contributed by atoms with Crippen LogP contribution >= 0.6 is 11.3 Å². The highest BCUT2D eigenvalue weighted by atomic mass is 32.2. The molecule has 0 aliphatic heterocycles. The summed E-state index contributed by atoms with van der Waals surface area (Å²) in [4.78, 5) is 18.4. The van der Waals surface area contributed by atoms with Crippen molar-refractivity contribution in [2.24, 2.45) is 0 Å². The molecule has 0 fully saturated rings. The van der Waals surface area contributed by atoms with E-state index >= 15 is 0 Å². The zero-order valence-electron chi connectivity index (χ0n) is 11.1. The van der Waals surface area contributed by atoms with Crippen LogP contribution in [-0.4, -0.2) is 29.5 Å². The molecule has 7 nitrogen and oxygen atoms in total. The van der Waals surface area contributed by atoms with Crippen molar-refractivity contribution in [3.05, 3.63) is 40.1 Å². The molecular formula is C12H13N3O4S2. The van der Waals surface area contributed by atoms with E-state index in [1.807, 2.05) is 6.92 Å². The molecule has 0 radical (unpaired) electrons. The van der Waals surface area contributed by atoms with Gasteiger partial charge in [0.05, 0.1) is 17.2 Å². The summed E-state index contributed by atoms with van der Waals surface area (Å²) in [6, 6.07) is 2.35. The number of hydrogen-bond donors (Lipinski definition) is 2. The topological polar surface area (TPSA) is 109 Å². The highest BCUT2D eigenvalue weighted by molar-refractivity contribution is 7.89. The standard InChI is InChI=1S/C12H13N3O4S2/c1-2-11-15-8(7-20-11)5-14-21(18,19)9-3-4-10(12(16)17)13-6-9/h3-4,6-7,14H,2,5H2,1H3,(H,16,17). The van der Waals surface area contributed by atoms with Crippen LogP contribution in [0.25, 0.3) is 0 Å². The van der Waals surface area contributed by atoms with Gasteiger partial charge < -0.3 is 5.11 Å². The molecule has 0 amide bonds. The van der Waals surface area contributed by atoms with E-state index in [0.717, 1.165) is 23.7 Å². The van der Waals surface area contributed by atoms with Gasteiger partial charge in [-0.1, -0.05) is 6.92 Å². The number of aromatic carboxylic acids is 1. The molecule has 2 N–H and O–H groups in total. The minimum Gasteiger partial charge on any atom is -0.477 e. The highest BCUT2D eigenvalue weighted by Gasteiger charge is 2.16. The summed E-state index contributed by atoms with van der Waals surface area (Å²) in [5.41, 5.74) is 0.441. The Morgan fingerprint density at radius 1 is 1.43 bits per heavy atom. The maximum absolute atomic E-state index is 12.0. The second-order valence-corrected chi connectivity index (χ2v) is 6.80. The molecule has 0 spiro atoms. The lowest BCUT2D eigenvalue weighted by atomic mass is 10.4. The van der Waals surface area contributed by atoms with Crippen LogP contribution in [0.5, 0.6) is 0 Å². The van der Waals surface area contributed by atoms with Gasteiger partial charge in [-0.25, -0.2) is 27.9 Å². The number of thiazole rings is 1. The third kappa shape index (κ3) is 3.84. The quantitative estimate of drug-likeness (QED) is 0.827. The van der Waals surface area contributed by atoms with E-state index in [1.165, 1.54) is 17.4 Å². The number of pyridine rings is 1. The van der Waals surface area contributed by atoms with Crippen molar-refractivity contribution in [3.63, 3.8) is 0 Å². The van der Waals surface area contributed by atoms with Gasteiger partial charge in [0.1, 0.15) is 10.6 Å². The number of aryl methyl sites for hydroxylation is 1. The molecule has 0 aliphatic rings. The summed E-state index contributed by atoms with van der Waals surface area (Å²) >= 11 is 1.48. The summed E-state index contributed by atoms with van der Waals surface area (Å²) < 4.78 is 26.5. The van der Waals surface area contributed by atoms with Crippen molar-refractivity contribution < 1.29 is 18.3 Å². The Morgan fingerprint density at radius 3 is 2.71 bits per heavy atom. The van der Waals surface area contributed by atoms with Crippen LogP contribution in [-0.2, 0) is 23.0 Å². The summed E-state index contributed by atoms with van der Waals surface area (Å²) in [7, 11) is -3.74. The molecule has 0 bridgehead atoms. The fraction of sp³-hybridized carbons (Fsp3) is 0.250. The number of aromatic nitrogens is 2. The van der Waals surface area contributed by atoms with E-state index in [9.17, 15) is 13.2 Å². The van der Waals surface area contributed by atoms with Crippen molar-refractivity contribution in [2.45, 2.75) is 24.8 Å². The van der Waals surface area contributed by atoms with Gasteiger partial charge in [0, 0.05) is 11.6 Å². The minimum atomic E-state index is -3.74. The van der Waals surface area contributed by atoms with Crippen molar-refractivity contribution in [2.75, 3.05) is 0 Å². The number of nitrogens with zero attached hydrogens (tertiary/aromatic N) is 2. The Bertz CT molecular complexity index is 738. The zero-order chi connectivity index (χ0) is 15.5. The van der Waals surface area contributed by atoms with Gasteiger partial charge in [-0.3, -0.25) is 0 Å². The Balaban J connectivity index is 2.09. The summed E-state index contributed by atoms with van der Waals surface area (Å²) in [5.74, 6) is -1.21. The number of hydrogen-bond acceptors (Lipinski definition) is 6. The van der Waals surface area contributed by atoms with Crippen LogP contribution in [0.2, 0.25) is 0 Å². The van der Waals surface area contributed by atoms with Crippen LogP contribution < -0.4 is 4.72 Å². The first kappa shape index (κ1) is 15.5. The molecule has 0 aromatic carbocycles. The molecule has 0 unspecified atom stereocenters. The summed E-state index contributed by atoms with van der Waals surface area (Å²) in [6.07, 6.45) is 1.82. The first-order valence-electron chi connectivity index (χ1n) is 6.04. The Kier molecular flexibility index (Phi) is 4.66. The number of carboxylic acids is 1. The molecular weight excluding hydrogens is 314 g/mol. The van der Waals surface area contributed by atoms with E-state index in [0.29, 0.717) is 5.69 Å². The van der Waals surface area contributed by atoms with Crippen LogP contribution in [0.1, 0.15) is 28.1 Å². The van der Waals surface area contributed by atoms with E-state index in [2.05, 4.69) is 14.7 Å². The lowest BCUT2D eigenvalue weighted by molar-refractivity contribution is 0.0690. The Morgan fingerprint density at radius 2 is 2.19 bits per heavy atom. The molecule has 21 heavy (non-hydrogen) atoms. The Labute approximate surface area is 125 Å². The lowest BCUT2D eigenvalue weighted by Gasteiger charge is -2.05. The molecule has 0 atom stereocenters. The van der Waals surface area contributed by atoms with Gasteiger partial charge in [0.2, 0.25) is 10.0 Å². The maximum Gasteiger partial charge on any atom is 0.354 e. The molecule has 2 heterocycles. The van der Waals surface area contributed by atoms with Crippen LogP contribution in [0.4, 0.5) is 0 Å². The van der Waals surface area contributed by atoms with Gasteiger partial charge in [0.25, 0.3) is 0 Å². The summed E-state index contributed by atoms with van der Waals surface area (Å²) in [5, 5.41) is 11.5. The Hall–Kier alpha value is -1.84. The zero-order valence-corrected chi connectivity index (χ0v) is 12.7. The van der Waals surface area contributed by atoms with Gasteiger partial charge in [0.15, 0.2) is 0 Å². The summed E-state index contributed by atoms with van der Waals surface area (Å²) in [6.45, 7) is 2.06. The number of nitrogens with one attached hydrogen (secondary N) is 1. The van der Waals surface area contributed by atoms with E-state index in [4.69, 9.17) is 5.11 Å². The van der Waals surface area contributed by atoms with Gasteiger partial charge in [-0.15, -0.1) is 11.3 Å². The van der Waals surface area contributed by atoms with Crippen molar-refractivity contribution in [1.82, 2.24) is 14.7 Å². The first-order valence-corrected chi connectivity index (χ1v) is 8.41. The largest absolute Gasteiger partial charge is 0.477 e. The molecule has 2 aromatic rings. The molecule has 0 aliphatic carbocycles. The molecule has 0 saturated heterocycles. The number of sulfonamides is 1. The average molecular weight is 327 g/mol. The smallest absolute Gasteiger partial charge is 0.354 e. The third-order valence-corrected chi connectivity index (χ3v) is 5.04. The first-order chi connectivity index (χ1) is 9.92. The second kappa shape index (κ2) is 6.29.